The van der Waals surface area contributed by atoms with Crippen LogP contribution < -0.4 is 0 Å². The third-order valence-corrected chi connectivity index (χ3v) is 4.99. The zero-order valence-electron chi connectivity index (χ0n) is 16.0. The van der Waals surface area contributed by atoms with Crippen LogP contribution in [-0.2, 0) is 16.0 Å². The number of hydrogen-bond donors (Lipinski definition) is 1. The summed E-state index contributed by atoms with van der Waals surface area (Å²) in [5.74, 6) is -0.556. The smallest absolute Gasteiger partial charge is 0.341 e. The van der Waals surface area contributed by atoms with Gasteiger partial charge in [0.05, 0.1) is 17.9 Å². The zero-order chi connectivity index (χ0) is 19.7. The number of ether oxygens (including phenoxy) is 1. The normalized spacial score (nSPS) is 13.6. The van der Waals surface area contributed by atoms with Crippen molar-refractivity contribution in [1.82, 2.24) is 9.88 Å². The fourth-order valence-corrected chi connectivity index (χ4v) is 3.67. The van der Waals surface area contributed by atoms with Gasteiger partial charge in [0, 0.05) is 29.2 Å². The molecular formula is C23H22N2O3. The Morgan fingerprint density at radius 2 is 1.96 bits per heavy atom. The van der Waals surface area contributed by atoms with Crippen LogP contribution >= 0.6 is 0 Å². The highest BCUT2D eigenvalue weighted by Gasteiger charge is 2.27. The van der Waals surface area contributed by atoms with Crippen molar-refractivity contribution >= 4 is 28.4 Å². The molecule has 0 atom stereocenters. The van der Waals surface area contributed by atoms with Crippen LogP contribution in [0.15, 0.2) is 54.7 Å². The van der Waals surface area contributed by atoms with E-state index in [9.17, 15) is 9.59 Å². The fourth-order valence-electron chi connectivity index (χ4n) is 3.67. The second-order valence-electron chi connectivity index (χ2n) is 6.91. The minimum Gasteiger partial charge on any atom is -0.462 e. The number of nitrogens with zero attached hydrogens (tertiary/aromatic N) is 1. The van der Waals surface area contributed by atoms with E-state index in [1.165, 1.54) is 0 Å². The number of fused-ring (bicyclic) bond motifs is 3. The maximum Gasteiger partial charge on any atom is 0.341 e. The number of amides is 1. The first-order valence-electron chi connectivity index (χ1n) is 9.45. The molecule has 0 saturated heterocycles. The first kappa shape index (κ1) is 18.0. The van der Waals surface area contributed by atoms with E-state index in [2.05, 4.69) is 4.98 Å². The van der Waals surface area contributed by atoms with Crippen molar-refractivity contribution < 1.29 is 14.3 Å². The SMILES string of the molecule is CCOC(=O)C1=CN(C(=O)c2cccc(C)c2)CCc2c1[nH]c1ccccc21. The molecule has 1 aromatic heterocycles. The zero-order valence-corrected chi connectivity index (χ0v) is 16.0. The second-order valence-corrected chi connectivity index (χ2v) is 6.91. The lowest BCUT2D eigenvalue weighted by Crippen LogP contribution is -2.28. The Bertz CT molecular complexity index is 1090. The van der Waals surface area contributed by atoms with Gasteiger partial charge in [-0.05, 0) is 44.0 Å². The highest BCUT2D eigenvalue weighted by molar-refractivity contribution is 6.18. The third kappa shape index (κ3) is 3.20. The van der Waals surface area contributed by atoms with Gasteiger partial charge in [0.25, 0.3) is 5.91 Å². The summed E-state index contributed by atoms with van der Waals surface area (Å²) in [5, 5.41) is 1.07. The van der Waals surface area contributed by atoms with Crippen LogP contribution in [0.25, 0.3) is 16.5 Å². The standard InChI is InChI=1S/C23H22N2O3/c1-3-28-23(27)19-14-25(22(26)16-8-6-7-15(2)13-16)12-11-18-17-9-4-5-10-20(17)24-21(18)19/h4-10,13-14,24H,3,11-12H2,1-2H3. The van der Waals surface area contributed by atoms with Gasteiger partial charge in [-0.2, -0.15) is 0 Å². The quantitative estimate of drug-likeness (QED) is 0.703. The molecule has 3 aromatic rings. The van der Waals surface area contributed by atoms with Gasteiger partial charge in [-0.25, -0.2) is 4.79 Å². The molecule has 1 N–H and O–H groups in total. The van der Waals surface area contributed by atoms with Crippen molar-refractivity contribution in [2.24, 2.45) is 0 Å². The van der Waals surface area contributed by atoms with Gasteiger partial charge in [0.2, 0.25) is 0 Å². The Hall–Kier alpha value is -3.34. The van der Waals surface area contributed by atoms with E-state index in [4.69, 9.17) is 4.74 Å². The maximum absolute atomic E-state index is 13.1. The van der Waals surface area contributed by atoms with Gasteiger partial charge in [-0.3, -0.25) is 4.79 Å². The summed E-state index contributed by atoms with van der Waals surface area (Å²) in [6, 6.07) is 15.4. The summed E-state index contributed by atoms with van der Waals surface area (Å²) in [4.78, 5) is 30.7. The minimum atomic E-state index is -0.431. The van der Waals surface area contributed by atoms with E-state index in [1.54, 1.807) is 24.1 Å². The van der Waals surface area contributed by atoms with Crippen LogP contribution in [0.3, 0.4) is 0 Å². The summed E-state index contributed by atoms with van der Waals surface area (Å²) in [5.41, 5.74) is 4.75. The van der Waals surface area contributed by atoms with E-state index < -0.39 is 5.97 Å². The number of esters is 1. The number of carbonyl (C=O) groups excluding carboxylic acids is 2. The molecule has 0 radical (unpaired) electrons. The largest absolute Gasteiger partial charge is 0.462 e. The van der Waals surface area contributed by atoms with Crippen LogP contribution in [0.5, 0.6) is 0 Å². The average Bonchev–Trinajstić information content (AvgIpc) is 2.95. The van der Waals surface area contributed by atoms with Gasteiger partial charge < -0.3 is 14.6 Å². The predicted octanol–water partition coefficient (Wildman–Crippen LogP) is 4.08. The summed E-state index contributed by atoms with van der Waals surface area (Å²) in [6.45, 7) is 4.50. The number of aromatic amines is 1. The molecule has 2 aromatic carbocycles. The minimum absolute atomic E-state index is 0.125. The molecule has 142 valence electrons. The number of H-pyrrole nitrogens is 1. The summed E-state index contributed by atoms with van der Waals surface area (Å²) < 4.78 is 5.28. The van der Waals surface area contributed by atoms with Crippen LogP contribution in [-0.4, -0.2) is 34.9 Å². The van der Waals surface area contributed by atoms with E-state index in [0.29, 0.717) is 24.1 Å². The number of para-hydroxylation sites is 1. The lowest BCUT2D eigenvalue weighted by Gasteiger charge is -2.18. The molecule has 0 fully saturated rings. The van der Waals surface area contributed by atoms with Gasteiger partial charge in [-0.15, -0.1) is 0 Å². The number of nitrogens with one attached hydrogen (secondary N) is 1. The van der Waals surface area contributed by atoms with Crippen molar-refractivity contribution in [2.45, 2.75) is 20.3 Å². The second kappa shape index (κ2) is 7.35. The van der Waals surface area contributed by atoms with Crippen LogP contribution in [0.1, 0.15) is 34.1 Å². The highest BCUT2D eigenvalue weighted by Crippen LogP contribution is 2.31. The topological polar surface area (TPSA) is 62.4 Å². The summed E-state index contributed by atoms with van der Waals surface area (Å²) in [7, 11) is 0. The predicted molar refractivity (Wildman–Crippen MR) is 109 cm³/mol. The molecule has 5 heteroatoms. The van der Waals surface area contributed by atoms with Crippen molar-refractivity contribution in [3.63, 3.8) is 0 Å². The molecule has 1 amide bonds. The Kier molecular flexibility index (Phi) is 4.74. The highest BCUT2D eigenvalue weighted by atomic mass is 16.5. The van der Waals surface area contributed by atoms with E-state index >= 15 is 0 Å². The average molecular weight is 374 g/mol. The van der Waals surface area contributed by atoms with Crippen molar-refractivity contribution in [3.05, 3.63) is 77.1 Å². The van der Waals surface area contributed by atoms with Crippen LogP contribution in [0.2, 0.25) is 0 Å². The lowest BCUT2D eigenvalue weighted by atomic mass is 10.0. The van der Waals surface area contributed by atoms with E-state index in [0.717, 1.165) is 27.7 Å². The Labute approximate surface area is 163 Å². The van der Waals surface area contributed by atoms with Gasteiger partial charge in [0.15, 0.2) is 0 Å². The molecule has 0 bridgehead atoms. The summed E-state index contributed by atoms with van der Waals surface area (Å²) >= 11 is 0. The van der Waals surface area contributed by atoms with E-state index in [-0.39, 0.29) is 12.5 Å². The number of carbonyl (C=O) groups is 2. The molecule has 0 spiro atoms. The molecule has 0 saturated carbocycles. The molecule has 2 heterocycles. The lowest BCUT2D eigenvalue weighted by molar-refractivity contribution is -0.136. The fraction of sp³-hybridized carbons (Fsp3) is 0.217. The van der Waals surface area contributed by atoms with Crippen LogP contribution in [0, 0.1) is 6.92 Å². The Balaban J connectivity index is 1.80. The molecular weight excluding hydrogens is 352 g/mol. The third-order valence-electron chi connectivity index (χ3n) is 4.99. The van der Waals surface area contributed by atoms with Crippen molar-refractivity contribution in [1.29, 1.82) is 0 Å². The number of hydrogen-bond acceptors (Lipinski definition) is 3. The van der Waals surface area contributed by atoms with Crippen molar-refractivity contribution in [3.8, 4) is 0 Å². The first-order valence-corrected chi connectivity index (χ1v) is 9.45. The number of aryl methyl sites for hydroxylation is 1. The van der Waals surface area contributed by atoms with Crippen molar-refractivity contribution in [2.75, 3.05) is 13.2 Å². The monoisotopic (exact) mass is 374 g/mol. The maximum atomic E-state index is 13.1. The number of aromatic nitrogens is 1. The molecule has 5 nitrogen and oxygen atoms in total. The van der Waals surface area contributed by atoms with Gasteiger partial charge in [0.1, 0.15) is 0 Å². The van der Waals surface area contributed by atoms with Gasteiger partial charge in [-0.1, -0.05) is 35.9 Å². The molecule has 28 heavy (non-hydrogen) atoms. The summed E-state index contributed by atoms with van der Waals surface area (Å²) in [6.07, 6.45) is 2.28. The molecule has 1 aliphatic heterocycles. The molecule has 1 aliphatic rings. The number of rotatable bonds is 3. The first-order chi connectivity index (χ1) is 13.6. The molecule has 4 rings (SSSR count). The van der Waals surface area contributed by atoms with Gasteiger partial charge >= 0.3 is 5.97 Å². The van der Waals surface area contributed by atoms with Crippen LogP contribution in [0.4, 0.5) is 0 Å². The molecule has 0 unspecified atom stereocenters. The number of benzene rings is 2. The Morgan fingerprint density at radius 1 is 1.14 bits per heavy atom. The molecule has 0 aliphatic carbocycles. The Morgan fingerprint density at radius 3 is 2.75 bits per heavy atom. The van der Waals surface area contributed by atoms with E-state index in [1.807, 2.05) is 49.4 Å².